The van der Waals surface area contributed by atoms with E-state index < -0.39 is 11.9 Å². The van der Waals surface area contributed by atoms with Crippen molar-refractivity contribution in [2.75, 3.05) is 11.9 Å². The standard InChI is InChI=1S/C26H25BrClF4N3O/c27-17-4-8-21(29)16(11-17)3-10-25(36)34-19-6-1-15(2-7-19)14-33-23-13-24(26(30,31)32)35-22-9-5-18(28)12-20(22)23/h4-5,8-9,11-13,15,19H,1-3,6-7,10,14H2,(H,33,35)(H,34,36)/t15-,19+. The number of amides is 1. The smallest absolute Gasteiger partial charge is 0.384 e. The average Bonchev–Trinajstić information content (AvgIpc) is 2.83. The Balaban J connectivity index is 1.29. The van der Waals surface area contributed by atoms with Crippen molar-refractivity contribution in [2.24, 2.45) is 5.92 Å². The molecule has 0 spiro atoms. The van der Waals surface area contributed by atoms with E-state index in [0.717, 1.165) is 36.2 Å². The lowest BCUT2D eigenvalue weighted by Gasteiger charge is -2.29. The van der Waals surface area contributed by atoms with Crippen LogP contribution in [0.2, 0.25) is 5.02 Å². The van der Waals surface area contributed by atoms with Crippen molar-refractivity contribution in [1.82, 2.24) is 10.3 Å². The van der Waals surface area contributed by atoms with Crippen molar-refractivity contribution in [3.05, 3.63) is 69.0 Å². The summed E-state index contributed by atoms with van der Waals surface area (Å²) in [5, 5.41) is 7.17. The molecule has 0 radical (unpaired) electrons. The van der Waals surface area contributed by atoms with Gasteiger partial charge in [0.1, 0.15) is 11.5 Å². The van der Waals surface area contributed by atoms with Gasteiger partial charge in [-0.1, -0.05) is 27.5 Å². The van der Waals surface area contributed by atoms with Gasteiger partial charge in [-0.15, -0.1) is 0 Å². The summed E-state index contributed by atoms with van der Waals surface area (Å²) in [4.78, 5) is 16.1. The number of carbonyl (C=O) groups is 1. The molecule has 2 N–H and O–H groups in total. The molecule has 1 aromatic heterocycles. The second-order valence-electron chi connectivity index (χ2n) is 9.12. The van der Waals surface area contributed by atoms with Gasteiger partial charge in [0.25, 0.3) is 0 Å². The Bertz CT molecular complexity index is 1250. The highest BCUT2D eigenvalue weighted by Crippen LogP contribution is 2.34. The number of nitrogens with one attached hydrogen (secondary N) is 2. The summed E-state index contributed by atoms with van der Waals surface area (Å²) in [6.07, 6.45) is -0.820. The van der Waals surface area contributed by atoms with E-state index in [4.69, 9.17) is 11.6 Å². The van der Waals surface area contributed by atoms with Gasteiger partial charge >= 0.3 is 6.18 Å². The normalized spacial score (nSPS) is 18.3. The van der Waals surface area contributed by atoms with Gasteiger partial charge in [-0.05, 0) is 86.1 Å². The summed E-state index contributed by atoms with van der Waals surface area (Å²) in [5.41, 5.74) is 0.123. The van der Waals surface area contributed by atoms with Crippen molar-refractivity contribution in [3.8, 4) is 0 Å². The van der Waals surface area contributed by atoms with Gasteiger partial charge < -0.3 is 10.6 Å². The molecule has 4 nitrogen and oxygen atoms in total. The number of fused-ring (bicyclic) bond motifs is 1. The van der Waals surface area contributed by atoms with Crippen molar-refractivity contribution >= 4 is 50.0 Å². The Morgan fingerprint density at radius 1 is 1.08 bits per heavy atom. The Hall–Kier alpha value is -2.39. The maximum atomic E-state index is 13.9. The molecule has 0 aliphatic heterocycles. The summed E-state index contributed by atoms with van der Waals surface area (Å²) in [7, 11) is 0. The van der Waals surface area contributed by atoms with Gasteiger partial charge in [-0.25, -0.2) is 9.37 Å². The molecule has 1 aliphatic rings. The first-order valence-electron chi connectivity index (χ1n) is 11.7. The molecular weight excluding hydrogens is 562 g/mol. The number of benzene rings is 2. The Morgan fingerprint density at radius 3 is 2.56 bits per heavy atom. The van der Waals surface area contributed by atoms with E-state index >= 15 is 0 Å². The quantitative estimate of drug-likeness (QED) is 0.282. The number of halogens is 6. The molecule has 4 rings (SSSR count). The first-order chi connectivity index (χ1) is 17.1. The number of hydrogen-bond donors (Lipinski definition) is 2. The number of rotatable bonds is 7. The maximum Gasteiger partial charge on any atom is 0.433 e. The van der Waals surface area contributed by atoms with Crippen LogP contribution in [0.4, 0.5) is 23.2 Å². The minimum absolute atomic E-state index is 0.0403. The van der Waals surface area contributed by atoms with E-state index in [1.807, 2.05) is 0 Å². The van der Waals surface area contributed by atoms with E-state index in [0.29, 0.717) is 34.6 Å². The number of carbonyl (C=O) groups excluding carboxylic acids is 1. The molecule has 192 valence electrons. The zero-order chi connectivity index (χ0) is 25.9. The van der Waals surface area contributed by atoms with Gasteiger partial charge in [0.2, 0.25) is 5.91 Å². The van der Waals surface area contributed by atoms with Crippen molar-refractivity contribution in [3.63, 3.8) is 0 Å². The lowest BCUT2D eigenvalue weighted by Crippen LogP contribution is -2.38. The largest absolute Gasteiger partial charge is 0.433 e. The third kappa shape index (κ3) is 6.88. The fraction of sp³-hybridized carbons (Fsp3) is 0.385. The average molecular weight is 587 g/mol. The van der Waals surface area contributed by atoms with Crippen LogP contribution in [0.15, 0.2) is 46.9 Å². The van der Waals surface area contributed by atoms with E-state index in [9.17, 15) is 22.4 Å². The highest BCUT2D eigenvalue weighted by atomic mass is 79.9. The first kappa shape index (κ1) is 26.7. The minimum Gasteiger partial charge on any atom is -0.384 e. The minimum atomic E-state index is -4.55. The molecule has 1 aliphatic carbocycles. The van der Waals surface area contributed by atoms with E-state index in [2.05, 4.69) is 31.5 Å². The Kier molecular flexibility index (Phi) is 8.40. The number of hydrogen-bond acceptors (Lipinski definition) is 3. The molecule has 0 atom stereocenters. The van der Waals surface area contributed by atoms with E-state index in [-0.39, 0.29) is 35.6 Å². The Labute approximate surface area is 219 Å². The van der Waals surface area contributed by atoms with Crippen LogP contribution in [0.3, 0.4) is 0 Å². The highest BCUT2D eigenvalue weighted by Gasteiger charge is 2.33. The molecule has 0 saturated heterocycles. The molecule has 36 heavy (non-hydrogen) atoms. The van der Waals surface area contributed by atoms with Gasteiger partial charge in [-0.3, -0.25) is 4.79 Å². The molecule has 1 heterocycles. The molecule has 3 aromatic rings. The van der Waals surface area contributed by atoms with Crippen LogP contribution >= 0.6 is 27.5 Å². The van der Waals surface area contributed by atoms with Gasteiger partial charge in [-0.2, -0.15) is 13.2 Å². The summed E-state index contributed by atoms with van der Waals surface area (Å²) >= 11 is 9.38. The van der Waals surface area contributed by atoms with Crippen LogP contribution in [-0.2, 0) is 17.4 Å². The SMILES string of the molecule is O=C(CCc1cc(Br)ccc1F)N[C@H]1CC[C@@H](CNc2cc(C(F)(F)F)nc3ccc(Cl)cc23)CC1. The van der Waals surface area contributed by atoms with E-state index in [1.54, 1.807) is 18.2 Å². The molecule has 10 heteroatoms. The number of pyridine rings is 1. The molecular formula is C26H25BrClF4N3O. The fourth-order valence-corrected chi connectivity index (χ4v) is 5.12. The highest BCUT2D eigenvalue weighted by molar-refractivity contribution is 9.10. The monoisotopic (exact) mass is 585 g/mol. The predicted molar refractivity (Wildman–Crippen MR) is 137 cm³/mol. The third-order valence-corrected chi connectivity index (χ3v) is 7.21. The zero-order valence-electron chi connectivity index (χ0n) is 19.3. The summed E-state index contributed by atoms with van der Waals surface area (Å²) in [6.45, 7) is 0.506. The van der Waals surface area contributed by atoms with Crippen molar-refractivity contribution in [1.29, 1.82) is 0 Å². The lowest BCUT2D eigenvalue weighted by atomic mass is 9.86. The number of aryl methyl sites for hydroxylation is 1. The second kappa shape index (κ2) is 11.3. The van der Waals surface area contributed by atoms with Crippen molar-refractivity contribution in [2.45, 2.75) is 50.7 Å². The molecule has 1 amide bonds. The van der Waals surface area contributed by atoms with Crippen LogP contribution in [0.5, 0.6) is 0 Å². The Morgan fingerprint density at radius 2 is 1.83 bits per heavy atom. The van der Waals surface area contributed by atoms with Crippen LogP contribution in [0.25, 0.3) is 10.9 Å². The third-order valence-electron chi connectivity index (χ3n) is 6.48. The maximum absolute atomic E-state index is 13.9. The first-order valence-corrected chi connectivity index (χ1v) is 12.9. The zero-order valence-corrected chi connectivity index (χ0v) is 21.6. The van der Waals surface area contributed by atoms with E-state index in [1.165, 1.54) is 18.2 Å². The van der Waals surface area contributed by atoms with Crippen LogP contribution in [-0.4, -0.2) is 23.5 Å². The molecule has 0 bridgehead atoms. The fourth-order valence-electron chi connectivity index (χ4n) is 4.54. The number of aromatic nitrogens is 1. The molecule has 0 unspecified atom stereocenters. The van der Waals surface area contributed by atoms with Gasteiger partial charge in [0.05, 0.1) is 5.52 Å². The summed E-state index contributed by atoms with van der Waals surface area (Å²) in [6, 6.07) is 10.4. The summed E-state index contributed by atoms with van der Waals surface area (Å²) in [5.74, 6) is -0.188. The molecule has 2 aromatic carbocycles. The lowest BCUT2D eigenvalue weighted by molar-refractivity contribution is -0.140. The summed E-state index contributed by atoms with van der Waals surface area (Å²) < 4.78 is 54.6. The topological polar surface area (TPSA) is 54.0 Å². The van der Waals surface area contributed by atoms with Crippen LogP contribution < -0.4 is 10.6 Å². The second-order valence-corrected chi connectivity index (χ2v) is 10.5. The number of anilines is 1. The molecule has 1 saturated carbocycles. The molecule has 1 fully saturated rings. The number of nitrogens with zero attached hydrogens (tertiary/aromatic N) is 1. The van der Waals surface area contributed by atoms with Crippen LogP contribution in [0, 0.1) is 11.7 Å². The van der Waals surface area contributed by atoms with Crippen LogP contribution in [0.1, 0.15) is 43.4 Å². The predicted octanol–water partition coefficient (Wildman–Crippen LogP) is 7.53. The van der Waals surface area contributed by atoms with Crippen molar-refractivity contribution < 1.29 is 22.4 Å². The number of alkyl halides is 3. The van der Waals surface area contributed by atoms with Gasteiger partial charge in [0, 0.05) is 39.6 Å². The van der Waals surface area contributed by atoms with Gasteiger partial charge in [0.15, 0.2) is 0 Å².